The van der Waals surface area contributed by atoms with E-state index >= 15 is 0 Å². The van der Waals surface area contributed by atoms with Crippen molar-refractivity contribution in [2.75, 3.05) is 11.6 Å². The summed E-state index contributed by atoms with van der Waals surface area (Å²) in [5.74, 6) is -0.465. The van der Waals surface area contributed by atoms with E-state index in [0.717, 1.165) is 17.4 Å². The molecule has 0 spiro atoms. The number of rotatable bonds is 4. The second-order valence-electron chi connectivity index (χ2n) is 5.81. The minimum absolute atomic E-state index is 0.0477. The lowest BCUT2D eigenvalue weighted by Crippen LogP contribution is -2.13. The average molecular weight is 386 g/mol. The maximum atomic E-state index is 12.5. The fraction of sp³-hybridized carbons (Fsp3) is 0.0500. The van der Waals surface area contributed by atoms with Crippen molar-refractivity contribution in [1.29, 1.82) is 0 Å². The lowest BCUT2D eigenvalue weighted by atomic mass is 10.1. The highest BCUT2D eigenvalue weighted by Gasteiger charge is 2.15. The van der Waals surface area contributed by atoms with E-state index in [2.05, 4.69) is 5.32 Å². The number of nitrogens with one attached hydrogen (secondary N) is 1. The third-order valence-corrected chi connectivity index (χ3v) is 5.30. The van der Waals surface area contributed by atoms with Gasteiger partial charge in [-0.05, 0) is 41.5 Å². The summed E-state index contributed by atoms with van der Waals surface area (Å²) in [4.78, 5) is 12.5. The van der Waals surface area contributed by atoms with E-state index in [-0.39, 0.29) is 15.5 Å². The third-order valence-electron chi connectivity index (χ3n) is 3.86. The van der Waals surface area contributed by atoms with Crippen molar-refractivity contribution < 1.29 is 13.2 Å². The number of anilines is 1. The van der Waals surface area contributed by atoms with Crippen LogP contribution in [0.2, 0.25) is 5.02 Å². The zero-order valence-electron chi connectivity index (χ0n) is 13.9. The Bertz CT molecular complexity index is 1050. The first-order chi connectivity index (χ1) is 12.3. The van der Waals surface area contributed by atoms with E-state index in [9.17, 15) is 13.2 Å². The Hall–Kier alpha value is -2.63. The predicted molar refractivity (Wildman–Crippen MR) is 104 cm³/mol. The Morgan fingerprint density at radius 2 is 1.50 bits per heavy atom. The summed E-state index contributed by atoms with van der Waals surface area (Å²) in [6.45, 7) is 0. The number of hydrogen-bond acceptors (Lipinski definition) is 3. The smallest absolute Gasteiger partial charge is 0.257 e. The molecule has 0 unspecified atom stereocenters. The van der Waals surface area contributed by atoms with Gasteiger partial charge in [0.15, 0.2) is 9.84 Å². The normalized spacial score (nSPS) is 11.2. The van der Waals surface area contributed by atoms with Crippen molar-refractivity contribution in [2.24, 2.45) is 0 Å². The molecule has 0 aliphatic heterocycles. The molecule has 6 heteroatoms. The molecule has 1 amide bonds. The molecule has 0 aliphatic rings. The van der Waals surface area contributed by atoms with Crippen LogP contribution >= 0.6 is 11.6 Å². The standard InChI is InChI=1S/C20H16ClNO3S/c1-26(24,25)17-11-12-19(21)18(13-17)20(23)22-16-9-7-15(8-10-16)14-5-3-2-4-6-14/h2-13H,1H3,(H,22,23). The highest BCUT2D eigenvalue weighted by atomic mass is 35.5. The quantitative estimate of drug-likeness (QED) is 0.710. The van der Waals surface area contributed by atoms with Gasteiger partial charge in [0.05, 0.1) is 15.5 Å². The summed E-state index contributed by atoms with van der Waals surface area (Å²) in [5, 5.41) is 2.93. The minimum atomic E-state index is -3.42. The first kappa shape index (κ1) is 18.2. The van der Waals surface area contributed by atoms with E-state index in [1.807, 2.05) is 42.5 Å². The summed E-state index contributed by atoms with van der Waals surface area (Å²) in [5.41, 5.74) is 2.81. The van der Waals surface area contributed by atoms with Gasteiger partial charge in [-0.1, -0.05) is 54.1 Å². The summed E-state index contributed by atoms with van der Waals surface area (Å²) in [6.07, 6.45) is 1.08. The van der Waals surface area contributed by atoms with Crippen LogP contribution in [0.4, 0.5) is 5.69 Å². The van der Waals surface area contributed by atoms with E-state index < -0.39 is 15.7 Å². The van der Waals surface area contributed by atoms with E-state index in [1.165, 1.54) is 18.2 Å². The van der Waals surface area contributed by atoms with Gasteiger partial charge >= 0.3 is 0 Å². The second kappa shape index (κ2) is 7.32. The first-order valence-corrected chi connectivity index (χ1v) is 10.1. The maximum Gasteiger partial charge on any atom is 0.257 e. The summed E-state index contributed by atoms with van der Waals surface area (Å²) in [6, 6.07) is 21.3. The van der Waals surface area contributed by atoms with Crippen molar-refractivity contribution in [1.82, 2.24) is 0 Å². The van der Waals surface area contributed by atoms with Crippen molar-refractivity contribution >= 4 is 33.0 Å². The zero-order chi connectivity index (χ0) is 18.7. The van der Waals surface area contributed by atoms with Crippen LogP contribution in [-0.2, 0) is 9.84 Å². The molecule has 4 nitrogen and oxygen atoms in total. The van der Waals surface area contributed by atoms with Crippen LogP contribution < -0.4 is 5.32 Å². The number of halogens is 1. The largest absolute Gasteiger partial charge is 0.322 e. The third kappa shape index (κ3) is 4.12. The van der Waals surface area contributed by atoms with Gasteiger partial charge in [0.2, 0.25) is 0 Å². The molecule has 1 N–H and O–H groups in total. The van der Waals surface area contributed by atoms with Gasteiger partial charge < -0.3 is 5.32 Å². The molecule has 3 aromatic carbocycles. The molecular formula is C20H16ClNO3S. The molecule has 26 heavy (non-hydrogen) atoms. The van der Waals surface area contributed by atoms with Gasteiger partial charge in [-0.3, -0.25) is 4.79 Å². The maximum absolute atomic E-state index is 12.5. The number of benzene rings is 3. The molecule has 132 valence electrons. The summed E-state index contributed by atoms with van der Waals surface area (Å²) < 4.78 is 23.3. The zero-order valence-corrected chi connectivity index (χ0v) is 15.5. The summed E-state index contributed by atoms with van der Waals surface area (Å²) in [7, 11) is -3.42. The van der Waals surface area contributed by atoms with Crippen molar-refractivity contribution in [3.05, 3.63) is 83.4 Å². The van der Waals surface area contributed by atoms with Crippen LogP contribution in [0.3, 0.4) is 0 Å². The Balaban J connectivity index is 1.82. The van der Waals surface area contributed by atoms with Crippen LogP contribution in [0.15, 0.2) is 77.7 Å². The molecule has 0 saturated carbocycles. The van der Waals surface area contributed by atoms with Crippen molar-refractivity contribution in [3.63, 3.8) is 0 Å². The van der Waals surface area contributed by atoms with Gasteiger partial charge in [-0.15, -0.1) is 0 Å². The van der Waals surface area contributed by atoms with Crippen LogP contribution in [-0.4, -0.2) is 20.6 Å². The van der Waals surface area contributed by atoms with Crippen LogP contribution in [0.5, 0.6) is 0 Å². The number of carbonyl (C=O) groups is 1. The SMILES string of the molecule is CS(=O)(=O)c1ccc(Cl)c(C(=O)Nc2ccc(-c3ccccc3)cc2)c1. The van der Waals surface area contributed by atoms with Gasteiger partial charge in [0, 0.05) is 11.9 Å². The summed E-state index contributed by atoms with van der Waals surface area (Å²) >= 11 is 6.06. The van der Waals surface area contributed by atoms with E-state index in [0.29, 0.717) is 5.69 Å². The van der Waals surface area contributed by atoms with Gasteiger partial charge in [0.1, 0.15) is 0 Å². The fourth-order valence-corrected chi connectivity index (χ4v) is 3.33. The molecule has 0 fully saturated rings. The molecular weight excluding hydrogens is 370 g/mol. The minimum Gasteiger partial charge on any atom is -0.322 e. The molecule has 0 radical (unpaired) electrons. The monoisotopic (exact) mass is 385 g/mol. The Morgan fingerprint density at radius 3 is 2.12 bits per heavy atom. The number of carbonyl (C=O) groups excluding carboxylic acids is 1. The number of hydrogen-bond donors (Lipinski definition) is 1. The number of sulfone groups is 1. The van der Waals surface area contributed by atoms with Gasteiger partial charge in [0.25, 0.3) is 5.91 Å². The predicted octanol–water partition coefficient (Wildman–Crippen LogP) is 4.66. The van der Waals surface area contributed by atoms with Crippen molar-refractivity contribution in [3.8, 4) is 11.1 Å². The average Bonchev–Trinajstić information content (AvgIpc) is 2.62. The lowest BCUT2D eigenvalue weighted by Gasteiger charge is -2.09. The molecule has 0 atom stereocenters. The molecule has 3 rings (SSSR count). The van der Waals surface area contributed by atoms with Crippen LogP contribution in [0, 0.1) is 0 Å². The second-order valence-corrected chi connectivity index (χ2v) is 8.23. The molecule has 0 aromatic heterocycles. The van der Waals surface area contributed by atoms with Crippen LogP contribution in [0.1, 0.15) is 10.4 Å². The van der Waals surface area contributed by atoms with Crippen molar-refractivity contribution in [2.45, 2.75) is 4.90 Å². The topological polar surface area (TPSA) is 63.2 Å². The van der Waals surface area contributed by atoms with Gasteiger partial charge in [-0.25, -0.2) is 8.42 Å². The molecule has 0 aliphatic carbocycles. The fourth-order valence-electron chi connectivity index (χ4n) is 2.48. The molecule has 0 bridgehead atoms. The highest BCUT2D eigenvalue weighted by molar-refractivity contribution is 7.90. The van der Waals surface area contributed by atoms with E-state index in [1.54, 1.807) is 12.1 Å². The highest BCUT2D eigenvalue weighted by Crippen LogP contribution is 2.24. The molecule has 3 aromatic rings. The molecule has 0 heterocycles. The van der Waals surface area contributed by atoms with Gasteiger partial charge in [-0.2, -0.15) is 0 Å². The Labute approximate surface area is 157 Å². The Kier molecular flexibility index (Phi) is 5.11. The molecule has 0 saturated heterocycles. The van der Waals surface area contributed by atoms with E-state index in [4.69, 9.17) is 11.6 Å². The number of amides is 1. The lowest BCUT2D eigenvalue weighted by molar-refractivity contribution is 0.102. The Morgan fingerprint density at radius 1 is 0.885 bits per heavy atom. The first-order valence-electron chi connectivity index (χ1n) is 7.81. The van der Waals surface area contributed by atoms with Crippen LogP contribution in [0.25, 0.3) is 11.1 Å².